The number of halogens is 3. The van der Waals surface area contributed by atoms with Crippen molar-refractivity contribution in [2.75, 3.05) is 10.6 Å². The number of nitrogens with one attached hydrogen (secondary N) is 2. The molecule has 1 heterocycles. The molecule has 0 bridgehead atoms. The fraction of sp³-hybridized carbons (Fsp3) is 0.176. The highest BCUT2D eigenvalue weighted by atomic mass is 32.2. The quantitative estimate of drug-likeness (QED) is 0.778. The monoisotopic (exact) mass is 382 g/mol. The van der Waals surface area contributed by atoms with Crippen molar-refractivity contribution in [3.05, 3.63) is 48.0 Å². The van der Waals surface area contributed by atoms with E-state index in [4.69, 9.17) is 4.74 Å². The van der Waals surface area contributed by atoms with Crippen molar-refractivity contribution in [2.24, 2.45) is 0 Å². The van der Waals surface area contributed by atoms with E-state index in [1.807, 2.05) is 0 Å². The maximum Gasteiger partial charge on any atom is 0.446 e. The summed E-state index contributed by atoms with van der Waals surface area (Å²) in [6, 6.07) is 9.86. The van der Waals surface area contributed by atoms with E-state index in [1.54, 1.807) is 25.1 Å². The van der Waals surface area contributed by atoms with Gasteiger partial charge in [-0.2, -0.15) is 13.2 Å². The van der Waals surface area contributed by atoms with Crippen LogP contribution in [0.25, 0.3) is 0 Å². The Morgan fingerprint density at radius 1 is 1.19 bits per heavy atom. The van der Waals surface area contributed by atoms with E-state index >= 15 is 0 Å². The number of hydrogen-bond donors (Lipinski definition) is 2. The van der Waals surface area contributed by atoms with Gasteiger partial charge < -0.3 is 15.4 Å². The third-order valence-corrected chi connectivity index (χ3v) is 4.26. The lowest BCUT2D eigenvalue weighted by atomic mass is 10.2. The largest absolute Gasteiger partial charge is 0.479 e. The van der Waals surface area contributed by atoms with E-state index in [0.717, 1.165) is 0 Å². The summed E-state index contributed by atoms with van der Waals surface area (Å²) in [4.78, 5) is 23.9. The summed E-state index contributed by atoms with van der Waals surface area (Å²) >= 11 is -0.245. The first-order valence-electron chi connectivity index (χ1n) is 7.50. The molecular weight excluding hydrogens is 369 g/mol. The van der Waals surface area contributed by atoms with Crippen molar-refractivity contribution in [3.63, 3.8) is 0 Å². The van der Waals surface area contributed by atoms with E-state index < -0.39 is 17.5 Å². The van der Waals surface area contributed by atoms with E-state index in [2.05, 4.69) is 10.6 Å². The van der Waals surface area contributed by atoms with Crippen LogP contribution >= 0.6 is 11.8 Å². The average molecular weight is 382 g/mol. The molecule has 2 aromatic rings. The second-order valence-corrected chi connectivity index (χ2v) is 6.63. The van der Waals surface area contributed by atoms with Gasteiger partial charge in [0.2, 0.25) is 0 Å². The fourth-order valence-electron chi connectivity index (χ4n) is 2.30. The molecule has 0 aliphatic carbocycles. The maximum absolute atomic E-state index is 12.3. The molecule has 9 heteroatoms. The molecule has 0 aromatic heterocycles. The van der Waals surface area contributed by atoms with Crippen molar-refractivity contribution in [1.82, 2.24) is 0 Å². The third kappa shape index (κ3) is 4.29. The number of amides is 2. The van der Waals surface area contributed by atoms with E-state index in [9.17, 15) is 22.8 Å². The van der Waals surface area contributed by atoms with Crippen LogP contribution in [-0.4, -0.2) is 23.4 Å². The minimum Gasteiger partial charge on any atom is -0.479 e. The number of alkyl halides is 3. The minimum absolute atomic E-state index is 0.00295. The smallest absolute Gasteiger partial charge is 0.446 e. The number of thioether (sulfide) groups is 1. The van der Waals surface area contributed by atoms with Gasteiger partial charge in [-0.15, -0.1) is 0 Å². The number of fused-ring (bicyclic) bond motifs is 1. The molecule has 0 radical (unpaired) electrons. The van der Waals surface area contributed by atoms with Gasteiger partial charge >= 0.3 is 5.51 Å². The van der Waals surface area contributed by atoms with Gasteiger partial charge in [0.15, 0.2) is 6.10 Å². The fourth-order valence-corrected chi connectivity index (χ4v) is 2.84. The first-order valence-corrected chi connectivity index (χ1v) is 8.32. The molecule has 0 spiro atoms. The third-order valence-electron chi connectivity index (χ3n) is 3.52. The van der Waals surface area contributed by atoms with Crippen LogP contribution in [-0.2, 0) is 4.79 Å². The van der Waals surface area contributed by atoms with Crippen LogP contribution in [0.4, 0.5) is 24.5 Å². The number of carbonyl (C=O) groups is 2. The van der Waals surface area contributed by atoms with Gasteiger partial charge in [0, 0.05) is 16.1 Å². The molecule has 26 heavy (non-hydrogen) atoms. The Kier molecular flexibility index (Phi) is 4.82. The number of ether oxygens (including phenoxy) is 1. The Balaban J connectivity index is 1.70. The maximum atomic E-state index is 12.3. The summed E-state index contributed by atoms with van der Waals surface area (Å²) < 4.78 is 42.4. The van der Waals surface area contributed by atoms with Gasteiger partial charge in [0.1, 0.15) is 5.75 Å². The van der Waals surface area contributed by atoms with Crippen molar-refractivity contribution in [2.45, 2.75) is 23.4 Å². The van der Waals surface area contributed by atoms with Gasteiger partial charge in [0.25, 0.3) is 11.8 Å². The van der Waals surface area contributed by atoms with Crippen molar-refractivity contribution in [1.29, 1.82) is 0 Å². The molecule has 5 nitrogen and oxygen atoms in total. The molecule has 2 amide bonds. The van der Waals surface area contributed by atoms with Crippen molar-refractivity contribution >= 4 is 35.0 Å². The van der Waals surface area contributed by atoms with Crippen LogP contribution in [0, 0.1) is 0 Å². The Labute approximate surface area is 150 Å². The molecule has 1 atom stereocenters. The lowest BCUT2D eigenvalue weighted by molar-refractivity contribution is -0.122. The zero-order valence-corrected chi connectivity index (χ0v) is 14.2. The first kappa shape index (κ1) is 18.1. The predicted octanol–water partition coefficient (Wildman–Crippen LogP) is 4.27. The molecule has 1 aliphatic rings. The highest BCUT2D eigenvalue weighted by Crippen LogP contribution is 2.37. The summed E-state index contributed by atoms with van der Waals surface area (Å²) in [6.07, 6.45) is -0.601. The number of benzene rings is 2. The molecule has 0 saturated carbocycles. The molecule has 2 N–H and O–H groups in total. The van der Waals surface area contributed by atoms with Crippen LogP contribution in [0.1, 0.15) is 17.3 Å². The lowest BCUT2D eigenvalue weighted by Crippen LogP contribution is -2.34. The zero-order chi connectivity index (χ0) is 18.9. The van der Waals surface area contributed by atoms with E-state index in [-0.39, 0.29) is 28.1 Å². The van der Waals surface area contributed by atoms with Gasteiger partial charge in [-0.3, -0.25) is 9.59 Å². The zero-order valence-electron chi connectivity index (χ0n) is 13.4. The number of carbonyl (C=O) groups excluding carboxylic acids is 2. The lowest BCUT2D eigenvalue weighted by Gasteiger charge is -2.23. The SMILES string of the molecule is C[C@@H]1Oc2ccc(NC(=O)c3ccc(SC(F)(F)F)cc3)cc2NC1=O. The Morgan fingerprint density at radius 2 is 1.88 bits per heavy atom. The predicted molar refractivity (Wildman–Crippen MR) is 91.5 cm³/mol. The van der Waals surface area contributed by atoms with Crippen LogP contribution in [0.2, 0.25) is 0 Å². The van der Waals surface area contributed by atoms with Gasteiger partial charge in [-0.05, 0) is 61.2 Å². The summed E-state index contributed by atoms with van der Waals surface area (Å²) in [5.41, 5.74) is -3.32. The highest BCUT2D eigenvalue weighted by molar-refractivity contribution is 8.00. The van der Waals surface area contributed by atoms with Crippen LogP contribution in [0.5, 0.6) is 5.75 Å². The first-order chi connectivity index (χ1) is 12.2. The second-order valence-electron chi connectivity index (χ2n) is 5.49. The van der Waals surface area contributed by atoms with E-state index in [0.29, 0.717) is 17.1 Å². The molecule has 0 fully saturated rings. The van der Waals surface area contributed by atoms with Gasteiger partial charge in [0.05, 0.1) is 5.69 Å². The minimum atomic E-state index is -4.38. The molecule has 2 aromatic carbocycles. The van der Waals surface area contributed by atoms with Crippen molar-refractivity contribution in [3.8, 4) is 5.75 Å². The molecule has 1 aliphatic heterocycles. The van der Waals surface area contributed by atoms with Crippen LogP contribution in [0.15, 0.2) is 47.4 Å². The molecule has 3 rings (SSSR count). The number of rotatable bonds is 3. The molecule has 0 saturated heterocycles. The van der Waals surface area contributed by atoms with Gasteiger partial charge in [-0.1, -0.05) is 0 Å². The summed E-state index contributed by atoms with van der Waals surface area (Å²) in [6.45, 7) is 1.62. The number of anilines is 2. The topological polar surface area (TPSA) is 67.4 Å². The normalized spacial score (nSPS) is 16.3. The average Bonchev–Trinajstić information content (AvgIpc) is 2.55. The molecule has 136 valence electrons. The standard InChI is InChI=1S/C17H13F3N2O3S/c1-9-15(23)22-13-8-11(4-7-14(13)25-9)21-16(24)10-2-5-12(6-3-10)26-17(18,19)20/h2-9H,1H3,(H,21,24)(H,22,23)/t9-/m0/s1. The molecular formula is C17H13F3N2O3S. The summed E-state index contributed by atoms with van der Waals surface area (Å²) in [5, 5.41) is 5.29. The Bertz CT molecular complexity index is 853. The summed E-state index contributed by atoms with van der Waals surface area (Å²) in [7, 11) is 0. The molecule has 0 unspecified atom stereocenters. The number of hydrogen-bond acceptors (Lipinski definition) is 4. The van der Waals surface area contributed by atoms with Crippen LogP contribution in [0.3, 0.4) is 0 Å². The van der Waals surface area contributed by atoms with Crippen LogP contribution < -0.4 is 15.4 Å². The Hall–Kier alpha value is -2.68. The van der Waals surface area contributed by atoms with Gasteiger partial charge in [-0.25, -0.2) is 0 Å². The second kappa shape index (κ2) is 6.91. The summed E-state index contributed by atoms with van der Waals surface area (Å²) in [5.74, 6) is -0.285. The van der Waals surface area contributed by atoms with E-state index in [1.165, 1.54) is 24.3 Å². The Morgan fingerprint density at radius 3 is 2.54 bits per heavy atom. The van der Waals surface area contributed by atoms with Crippen molar-refractivity contribution < 1.29 is 27.5 Å². The highest BCUT2D eigenvalue weighted by Gasteiger charge is 2.29.